The van der Waals surface area contributed by atoms with Crippen molar-refractivity contribution in [1.29, 1.82) is 0 Å². The van der Waals surface area contributed by atoms with Gasteiger partial charge in [0.1, 0.15) is 5.82 Å². The number of pyridine rings is 1. The van der Waals surface area contributed by atoms with Crippen LogP contribution in [0.1, 0.15) is 22.6 Å². The lowest BCUT2D eigenvalue weighted by Crippen LogP contribution is -2.16. The minimum absolute atomic E-state index is 0.274. The summed E-state index contributed by atoms with van der Waals surface area (Å²) in [6.07, 6.45) is 0.912. The molecular formula is C13H14N4O2. The van der Waals surface area contributed by atoms with E-state index in [0.29, 0.717) is 24.0 Å². The summed E-state index contributed by atoms with van der Waals surface area (Å²) >= 11 is 0. The highest BCUT2D eigenvalue weighted by Crippen LogP contribution is 2.18. The van der Waals surface area contributed by atoms with Gasteiger partial charge in [-0.05, 0) is 19.1 Å². The number of carbonyl (C=O) groups excluding carboxylic acids is 1. The Kier molecular flexibility index (Phi) is 2.91. The van der Waals surface area contributed by atoms with Crippen LogP contribution in [0.2, 0.25) is 0 Å². The second kappa shape index (κ2) is 4.72. The van der Waals surface area contributed by atoms with E-state index in [-0.39, 0.29) is 5.91 Å². The van der Waals surface area contributed by atoms with Crippen LogP contribution in [0, 0.1) is 6.92 Å². The lowest BCUT2D eigenvalue weighted by molar-refractivity contribution is 0.102. The van der Waals surface area contributed by atoms with Crippen LogP contribution in [0.3, 0.4) is 0 Å². The number of nitrogens with one attached hydrogen (secondary N) is 1. The Morgan fingerprint density at radius 3 is 3.16 bits per heavy atom. The van der Waals surface area contributed by atoms with E-state index >= 15 is 0 Å². The van der Waals surface area contributed by atoms with Crippen molar-refractivity contribution < 1.29 is 9.53 Å². The SMILES string of the molecule is Cc1cccc(NC(=O)c2cc3n(n2)CCCO3)n1. The van der Waals surface area contributed by atoms with E-state index in [9.17, 15) is 4.79 Å². The fourth-order valence-electron chi connectivity index (χ4n) is 1.97. The number of anilines is 1. The van der Waals surface area contributed by atoms with Crippen LogP contribution >= 0.6 is 0 Å². The molecule has 0 saturated heterocycles. The monoisotopic (exact) mass is 258 g/mol. The summed E-state index contributed by atoms with van der Waals surface area (Å²) in [7, 11) is 0. The maximum atomic E-state index is 12.1. The smallest absolute Gasteiger partial charge is 0.277 e. The number of fused-ring (bicyclic) bond motifs is 1. The summed E-state index contributed by atoms with van der Waals surface area (Å²) in [5.74, 6) is 0.897. The summed E-state index contributed by atoms with van der Waals surface area (Å²) in [6, 6.07) is 7.12. The summed E-state index contributed by atoms with van der Waals surface area (Å²) < 4.78 is 7.14. The van der Waals surface area contributed by atoms with Crippen molar-refractivity contribution in [2.45, 2.75) is 19.9 Å². The molecule has 0 saturated carbocycles. The van der Waals surface area contributed by atoms with Gasteiger partial charge in [-0.2, -0.15) is 5.10 Å². The van der Waals surface area contributed by atoms with Crippen molar-refractivity contribution in [3.05, 3.63) is 35.7 Å². The predicted molar refractivity (Wildman–Crippen MR) is 69.3 cm³/mol. The van der Waals surface area contributed by atoms with Gasteiger partial charge in [0, 0.05) is 24.7 Å². The molecule has 0 aliphatic carbocycles. The molecule has 1 aliphatic rings. The van der Waals surface area contributed by atoms with E-state index < -0.39 is 0 Å². The number of aromatic nitrogens is 3. The van der Waals surface area contributed by atoms with Gasteiger partial charge in [-0.15, -0.1) is 0 Å². The van der Waals surface area contributed by atoms with Gasteiger partial charge < -0.3 is 10.1 Å². The highest BCUT2D eigenvalue weighted by Gasteiger charge is 2.18. The molecule has 0 atom stereocenters. The van der Waals surface area contributed by atoms with Crippen LogP contribution in [0.15, 0.2) is 24.3 Å². The van der Waals surface area contributed by atoms with Crippen molar-refractivity contribution in [1.82, 2.24) is 14.8 Å². The molecule has 0 radical (unpaired) electrons. The first-order valence-corrected chi connectivity index (χ1v) is 6.18. The summed E-state index contributed by atoms with van der Waals surface area (Å²) in [4.78, 5) is 16.3. The quantitative estimate of drug-likeness (QED) is 0.888. The molecule has 0 unspecified atom stereocenters. The number of hydrogen-bond donors (Lipinski definition) is 1. The Morgan fingerprint density at radius 2 is 2.37 bits per heavy atom. The van der Waals surface area contributed by atoms with Gasteiger partial charge >= 0.3 is 0 Å². The van der Waals surface area contributed by atoms with Gasteiger partial charge in [0.2, 0.25) is 5.88 Å². The Hall–Kier alpha value is -2.37. The molecule has 6 heteroatoms. The van der Waals surface area contributed by atoms with Gasteiger partial charge in [-0.3, -0.25) is 4.79 Å². The molecule has 19 heavy (non-hydrogen) atoms. The molecule has 0 fully saturated rings. The van der Waals surface area contributed by atoms with E-state index in [2.05, 4.69) is 15.4 Å². The Bertz CT molecular complexity index is 597. The summed E-state index contributed by atoms with van der Waals surface area (Å²) in [5, 5.41) is 6.95. The highest BCUT2D eigenvalue weighted by atomic mass is 16.5. The van der Waals surface area contributed by atoms with Crippen LogP contribution in [0.5, 0.6) is 5.88 Å². The maximum Gasteiger partial charge on any atom is 0.277 e. The Balaban J connectivity index is 1.78. The van der Waals surface area contributed by atoms with Crippen molar-refractivity contribution in [2.75, 3.05) is 11.9 Å². The number of hydrogen-bond acceptors (Lipinski definition) is 4. The van der Waals surface area contributed by atoms with Crippen LogP contribution in [-0.2, 0) is 6.54 Å². The average Bonchev–Trinajstić information content (AvgIpc) is 2.82. The molecule has 3 rings (SSSR count). The normalized spacial score (nSPS) is 13.5. The third kappa shape index (κ3) is 2.42. The van der Waals surface area contributed by atoms with Crippen LogP contribution in [0.4, 0.5) is 5.82 Å². The average molecular weight is 258 g/mol. The van der Waals surface area contributed by atoms with E-state index in [1.165, 1.54) is 0 Å². The lowest BCUT2D eigenvalue weighted by Gasteiger charge is -2.13. The number of ether oxygens (including phenoxy) is 1. The van der Waals surface area contributed by atoms with E-state index in [0.717, 1.165) is 18.7 Å². The first-order valence-electron chi connectivity index (χ1n) is 6.18. The first kappa shape index (κ1) is 11.7. The molecular weight excluding hydrogens is 244 g/mol. The predicted octanol–water partition coefficient (Wildman–Crippen LogP) is 1.62. The lowest BCUT2D eigenvalue weighted by atomic mass is 10.3. The number of carbonyl (C=O) groups is 1. The molecule has 3 heterocycles. The zero-order valence-corrected chi connectivity index (χ0v) is 10.6. The second-order valence-electron chi connectivity index (χ2n) is 4.41. The van der Waals surface area contributed by atoms with E-state index in [1.54, 1.807) is 16.8 Å². The van der Waals surface area contributed by atoms with Crippen molar-refractivity contribution in [3.8, 4) is 5.88 Å². The van der Waals surface area contributed by atoms with Gasteiger partial charge in [0.15, 0.2) is 5.69 Å². The standard InChI is InChI=1S/C13H14N4O2/c1-9-4-2-5-11(14-9)15-13(18)10-8-12-17(16-10)6-3-7-19-12/h2,4-5,8H,3,6-7H2,1H3,(H,14,15,18). The largest absolute Gasteiger partial charge is 0.478 e. The molecule has 2 aromatic rings. The van der Waals surface area contributed by atoms with Crippen molar-refractivity contribution in [2.24, 2.45) is 0 Å². The number of amides is 1. The van der Waals surface area contributed by atoms with Gasteiger partial charge in [0.25, 0.3) is 5.91 Å². The topological polar surface area (TPSA) is 69.0 Å². The van der Waals surface area contributed by atoms with Crippen LogP contribution < -0.4 is 10.1 Å². The van der Waals surface area contributed by atoms with Crippen LogP contribution in [-0.4, -0.2) is 27.3 Å². The fraction of sp³-hybridized carbons (Fsp3) is 0.308. The van der Waals surface area contributed by atoms with Crippen molar-refractivity contribution in [3.63, 3.8) is 0 Å². The second-order valence-corrected chi connectivity index (χ2v) is 4.41. The van der Waals surface area contributed by atoms with Gasteiger partial charge in [-0.25, -0.2) is 9.67 Å². The minimum atomic E-state index is -0.274. The molecule has 1 amide bonds. The number of rotatable bonds is 2. The summed E-state index contributed by atoms with van der Waals surface area (Å²) in [6.45, 7) is 3.33. The first-order chi connectivity index (χ1) is 9.22. The molecule has 0 aromatic carbocycles. The third-order valence-corrected chi connectivity index (χ3v) is 2.87. The highest BCUT2D eigenvalue weighted by molar-refractivity contribution is 6.02. The van der Waals surface area contributed by atoms with E-state index in [4.69, 9.17) is 4.74 Å². The molecule has 1 N–H and O–H groups in total. The number of aryl methyl sites for hydroxylation is 2. The molecule has 0 spiro atoms. The molecule has 98 valence electrons. The van der Waals surface area contributed by atoms with Gasteiger partial charge in [-0.1, -0.05) is 6.07 Å². The van der Waals surface area contributed by atoms with E-state index in [1.807, 2.05) is 19.1 Å². The molecule has 2 aromatic heterocycles. The Labute approximate surface area is 110 Å². The summed E-state index contributed by atoms with van der Waals surface area (Å²) in [5.41, 5.74) is 1.20. The van der Waals surface area contributed by atoms with Gasteiger partial charge in [0.05, 0.1) is 6.61 Å². The molecule has 1 aliphatic heterocycles. The number of nitrogens with zero attached hydrogens (tertiary/aromatic N) is 3. The van der Waals surface area contributed by atoms with Crippen molar-refractivity contribution >= 4 is 11.7 Å². The third-order valence-electron chi connectivity index (χ3n) is 2.87. The Morgan fingerprint density at radius 1 is 1.47 bits per heavy atom. The molecule has 6 nitrogen and oxygen atoms in total. The fourth-order valence-corrected chi connectivity index (χ4v) is 1.97. The zero-order valence-electron chi connectivity index (χ0n) is 10.6. The van der Waals surface area contributed by atoms with Crippen LogP contribution in [0.25, 0.3) is 0 Å². The maximum absolute atomic E-state index is 12.1. The molecule has 0 bridgehead atoms. The minimum Gasteiger partial charge on any atom is -0.478 e. The zero-order chi connectivity index (χ0) is 13.2.